The normalized spacial score (nSPS) is 19.1. The summed E-state index contributed by atoms with van der Waals surface area (Å²) in [4.78, 5) is 6.52. The lowest BCUT2D eigenvalue weighted by Crippen LogP contribution is -2.38. The third-order valence-corrected chi connectivity index (χ3v) is 3.40. The molecule has 1 aromatic rings. The summed E-state index contributed by atoms with van der Waals surface area (Å²) in [7, 11) is 4.07. The summed E-state index contributed by atoms with van der Waals surface area (Å²) in [6.45, 7) is 0.937. The molecule has 0 spiro atoms. The smallest absolute Gasteiger partial charge is 0.228 e. The number of likely N-dealkylation sites (N-methyl/N-ethyl adjacent to an activating group) is 1. The largest absolute Gasteiger partial charge is 0.339 e. The minimum absolute atomic E-state index is 0.106. The van der Waals surface area contributed by atoms with Crippen molar-refractivity contribution in [3.8, 4) is 0 Å². The van der Waals surface area contributed by atoms with E-state index in [1.165, 1.54) is 12.8 Å². The zero-order valence-corrected chi connectivity index (χ0v) is 10.8. The van der Waals surface area contributed by atoms with Crippen LogP contribution < -0.4 is 5.73 Å². The van der Waals surface area contributed by atoms with Crippen molar-refractivity contribution in [2.45, 2.75) is 44.1 Å². The van der Waals surface area contributed by atoms with Gasteiger partial charge in [0.15, 0.2) is 5.82 Å². The second-order valence-corrected chi connectivity index (χ2v) is 5.40. The molecule has 0 saturated heterocycles. The molecule has 0 aliphatic heterocycles. The Labute approximate surface area is 102 Å². The number of hydrogen-bond acceptors (Lipinski definition) is 5. The van der Waals surface area contributed by atoms with Crippen molar-refractivity contribution in [1.82, 2.24) is 15.0 Å². The van der Waals surface area contributed by atoms with Gasteiger partial charge < -0.3 is 15.2 Å². The first-order valence-electron chi connectivity index (χ1n) is 6.32. The van der Waals surface area contributed by atoms with Crippen LogP contribution in [0.4, 0.5) is 0 Å². The van der Waals surface area contributed by atoms with E-state index >= 15 is 0 Å². The van der Waals surface area contributed by atoms with Crippen molar-refractivity contribution in [1.29, 1.82) is 0 Å². The zero-order valence-electron chi connectivity index (χ0n) is 10.8. The molecule has 0 unspecified atom stereocenters. The average molecular weight is 238 g/mol. The Morgan fingerprint density at radius 1 is 1.35 bits per heavy atom. The zero-order chi connectivity index (χ0) is 12.3. The Kier molecular flexibility index (Phi) is 3.79. The van der Waals surface area contributed by atoms with Crippen LogP contribution in [0.5, 0.6) is 0 Å². The molecule has 5 heteroatoms. The van der Waals surface area contributed by atoms with Crippen LogP contribution >= 0.6 is 0 Å². The van der Waals surface area contributed by atoms with Crippen molar-refractivity contribution in [2.24, 2.45) is 5.73 Å². The highest BCUT2D eigenvalue weighted by Gasteiger charge is 2.31. The predicted molar refractivity (Wildman–Crippen MR) is 65.6 cm³/mol. The molecular weight excluding hydrogens is 216 g/mol. The molecule has 1 heterocycles. The Morgan fingerprint density at radius 2 is 2.06 bits per heavy atom. The molecule has 2 N–H and O–H groups in total. The van der Waals surface area contributed by atoms with Crippen LogP contribution in [0, 0.1) is 0 Å². The molecule has 2 rings (SSSR count). The third-order valence-electron chi connectivity index (χ3n) is 3.40. The quantitative estimate of drug-likeness (QED) is 0.828. The fourth-order valence-corrected chi connectivity index (χ4v) is 2.34. The highest BCUT2D eigenvalue weighted by atomic mass is 16.5. The number of nitrogens with two attached hydrogens (primary N) is 1. The first kappa shape index (κ1) is 12.5. The molecular formula is C12H22N4O. The van der Waals surface area contributed by atoms with Gasteiger partial charge in [-0.1, -0.05) is 18.0 Å². The van der Waals surface area contributed by atoms with Crippen molar-refractivity contribution in [3.63, 3.8) is 0 Å². The molecule has 0 aromatic carbocycles. The van der Waals surface area contributed by atoms with E-state index in [4.69, 9.17) is 10.3 Å². The van der Waals surface area contributed by atoms with E-state index in [9.17, 15) is 0 Å². The highest BCUT2D eigenvalue weighted by molar-refractivity contribution is 4.98. The van der Waals surface area contributed by atoms with Crippen molar-refractivity contribution in [3.05, 3.63) is 11.7 Å². The van der Waals surface area contributed by atoms with Crippen LogP contribution in [-0.4, -0.2) is 41.2 Å². The van der Waals surface area contributed by atoms with Gasteiger partial charge in [-0.05, 0) is 26.9 Å². The lowest BCUT2D eigenvalue weighted by Gasteiger charge is -2.20. The number of rotatable bonds is 5. The van der Waals surface area contributed by atoms with Gasteiger partial charge in [0, 0.05) is 24.9 Å². The monoisotopic (exact) mass is 238 g/mol. The minimum Gasteiger partial charge on any atom is -0.339 e. The molecule has 1 aliphatic rings. The van der Waals surface area contributed by atoms with Gasteiger partial charge in [0.1, 0.15) is 0 Å². The summed E-state index contributed by atoms with van der Waals surface area (Å²) in [5, 5.41) is 3.99. The van der Waals surface area contributed by atoms with Crippen LogP contribution in [0.15, 0.2) is 4.52 Å². The molecule has 0 atom stereocenters. The summed E-state index contributed by atoms with van der Waals surface area (Å²) in [5.41, 5.74) is 6.18. The molecule has 1 aliphatic carbocycles. The van der Waals surface area contributed by atoms with Crippen LogP contribution in [0.2, 0.25) is 0 Å². The van der Waals surface area contributed by atoms with Gasteiger partial charge in [0.25, 0.3) is 0 Å². The first-order chi connectivity index (χ1) is 8.07. The standard InChI is InChI=1S/C12H22N4O/c1-16(2)8-5-10-14-11(17-15-10)9-12(13)6-3-4-7-12/h3-9,13H2,1-2H3. The van der Waals surface area contributed by atoms with Crippen LogP contribution in [0.3, 0.4) is 0 Å². The van der Waals surface area contributed by atoms with Gasteiger partial charge in [0.2, 0.25) is 5.89 Å². The summed E-state index contributed by atoms with van der Waals surface area (Å²) < 4.78 is 5.26. The molecule has 1 aromatic heterocycles. The Balaban J connectivity index is 1.89. The lowest BCUT2D eigenvalue weighted by molar-refractivity contribution is 0.325. The van der Waals surface area contributed by atoms with Crippen LogP contribution in [0.25, 0.3) is 0 Å². The van der Waals surface area contributed by atoms with Gasteiger partial charge in [-0.2, -0.15) is 4.98 Å². The fraction of sp³-hybridized carbons (Fsp3) is 0.833. The van der Waals surface area contributed by atoms with E-state index in [2.05, 4.69) is 15.0 Å². The number of hydrogen-bond donors (Lipinski definition) is 1. The molecule has 17 heavy (non-hydrogen) atoms. The van der Waals surface area contributed by atoms with Crippen molar-refractivity contribution < 1.29 is 4.52 Å². The van der Waals surface area contributed by atoms with Gasteiger partial charge >= 0.3 is 0 Å². The molecule has 96 valence electrons. The molecule has 1 fully saturated rings. The van der Waals surface area contributed by atoms with Gasteiger partial charge in [-0.3, -0.25) is 0 Å². The van der Waals surface area contributed by atoms with E-state index in [-0.39, 0.29) is 5.54 Å². The first-order valence-corrected chi connectivity index (χ1v) is 6.32. The summed E-state index contributed by atoms with van der Waals surface area (Å²) in [5.74, 6) is 1.48. The summed E-state index contributed by atoms with van der Waals surface area (Å²) in [6, 6.07) is 0. The predicted octanol–water partition coefficient (Wildman–Crippen LogP) is 0.988. The second-order valence-electron chi connectivity index (χ2n) is 5.40. The van der Waals surface area contributed by atoms with Gasteiger partial charge in [-0.25, -0.2) is 0 Å². The molecule has 0 amide bonds. The van der Waals surface area contributed by atoms with Gasteiger partial charge in [0.05, 0.1) is 0 Å². The lowest BCUT2D eigenvalue weighted by atomic mass is 9.95. The van der Waals surface area contributed by atoms with E-state index in [1.807, 2.05) is 14.1 Å². The maximum absolute atomic E-state index is 6.29. The van der Waals surface area contributed by atoms with Crippen molar-refractivity contribution in [2.75, 3.05) is 20.6 Å². The van der Waals surface area contributed by atoms with Crippen LogP contribution in [0.1, 0.15) is 37.4 Å². The van der Waals surface area contributed by atoms with Crippen molar-refractivity contribution >= 4 is 0 Å². The fourth-order valence-electron chi connectivity index (χ4n) is 2.34. The van der Waals surface area contributed by atoms with E-state index in [1.54, 1.807) is 0 Å². The Hall–Kier alpha value is -0.940. The molecule has 0 radical (unpaired) electrons. The molecule has 5 nitrogen and oxygen atoms in total. The molecule has 0 bridgehead atoms. The SMILES string of the molecule is CN(C)CCc1noc(CC2(N)CCCC2)n1. The Morgan fingerprint density at radius 3 is 2.71 bits per heavy atom. The van der Waals surface area contributed by atoms with E-state index in [0.717, 1.165) is 38.1 Å². The number of nitrogens with zero attached hydrogens (tertiary/aromatic N) is 3. The van der Waals surface area contributed by atoms with E-state index < -0.39 is 0 Å². The minimum atomic E-state index is -0.106. The third kappa shape index (κ3) is 3.51. The van der Waals surface area contributed by atoms with Gasteiger partial charge in [-0.15, -0.1) is 0 Å². The average Bonchev–Trinajstić information content (AvgIpc) is 2.85. The Bertz CT molecular complexity index is 355. The summed E-state index contributed by atoms with van der Waals surface area (Å²) in [6.07, 6.45) is 6.14. The highest BCUT2D eigenvalue weighted by Crippen LogP contribution is 2.29. The second kappa shape index (κ2) is 5.14. The maximum Gasteiger partial charge on any atom is 0.228 e. The molecule has 1 saturated carbocycles. The summed E-state index contributed by atoms with van der Waals surface area (Å²) >= 11 is 0. The van der Waals surface area contributed by atoms with E-state index in [0.29, 0.717) is 5.89 Å². The maximum atomic E-state index is 6.29. The topological polar surface area (TPSA) is 68.2 Å². The van der Waals surface area contributed by atoms with Crippen LogP contribution in [-0.2, 0) is 12.8 Å². The number of aromatic nitrogens is 2.